The van der Waals surface area contributed by atoms with Gasteiger partial charge in [-0.15, -0.1) is 0 Å². The molecule has 1 aromatic carbocycles. The first-order valence-electron chi connectivity index (χ1n) is 14.1. The zero-order valence-corrected chi connectivity index (χ0v) is 22.0. The normalized spacial score (nSPS) is 11.1. The number of ether oxygens (including phenoxy) is 2. The predicted octanol–water partition coefficient (Wildman–Crippen LogP) is 9.19. The molecule has 0 fully saturated rings. The number of hydrogen-bond acceptors (Lipinski definition) is 3. The number of nitrogens with zero attached hydrogens (tertiary/aromatic N) is 1. The van der Waals surface area contributed by atoms with Gasteiger partial charge in [0.05, 0.1) is 12.3 Å². The van der Waals surface area contributed by atoms with Crippen molar-refractivity contribution < 1.29 is 9.47 Å². The Morgan fingerprint density at radius 3 is 1.82 bits per heavy atom. The van der Waals surface area contributed by atoms with Crippen LogP contribution in [-0.4, -0.2) is 24.8 Å². The summed E-state index contributed by atoms with van der Waals surface area (Å²) in [5.41, 5.74) is 3.43. The van der Waals surface area contributed by atoms with Crippen molar-refractivity contribution in [3.8, 4) is 17.0 Å². The van der Waals surface area contributed by atoms with Crippen molar-refractivity contribution in [2.45, 2.75) is 110 Å². The minimum absolute atomic E-state index is 0.811. The summed E-state index contributed by atoms with van der Waals surface area (Å²) in [6.45, 7) is 7.04. The maximum Gasteiger partial charge on any atom is 0.119 e. The Bertz CT molecular complexity index is 711. The van der Waals surface area contributed by atoms with E-state index in [1.54, 1.807) is 0 Å². The van der Waals surface area contributed by atoms with Crippen LogP contribution >= 0.6 is 0 Å². The molecule has 34 heavy (non-hydrogen) atoms. The Morgan fingerprint density at radius 1 is 0.588 bits per heavy atom. The lowest BCUT2D eigenvalue weighted by molar-refractivity contribution is 0.128. The summed E-state index contributed by atoms with van der Waals surface area (Å²) in [5.74, 6) is 0.954. The van der Waals surface area contributed by atoms with Crippen molar-refractivity contribution in [2.75, 3.05) is 19.8 Å². The molecule has 2 aromatic rings. The fourth-order valence-corrected chi connectivity index (χ4v) is 4.18. The summed E-state index contributed by atoms with van der Waals surface area (Å²) < 4.78 is 11.6. The van der Waals surface area contributed by atoms with Crippen molar-refractivity contribution >= 4 is 0 Å². The Kier molecular flexibility index (Phi) is 16.2. The minimum Gasteiger partial charge on any atom is -0.494 e. The van der Waals surface area contributed by atoms with E-state index in [4.69, 9.17) is 9.47 Å². The van der Waals surface area contributed by atoms with Crippen molar-refractivity contribution in [1.82, 2.24) is 4.98 Å². The largest absolute Gasteiger partial charge is 0.494 e. The van der Waals surface area contributed by atoms with Gasteiger partial charge in [0.15, 0.2) is 0 Å². The summed E-state index contributed by atoms with van der Waals surface area (Å²) in [6, 6.07) is 12.7. The highest BCUT2D eigenvalue weighted by Crippen LogP contribution is 2.21. The van der Waals surface area contributed by atoms with Gasteiger partial charge in [-0.2, -0.15) is 0 Å². The highest BCUT2D eigenvalue weighted by molar-refractivity contribution is 5.60. The molecule has 3 nitrogen and oxygen atoms in total. The van der Waals surface area contributed by atoms with Gasteiger partial charge in [-0.3, -0.25) is 4.98 Å². The van der Waals surface area contributed by atoms with Crippen molar-refractivity contribution in [3.05, 3.63) is 48.2 Å². The van der Waals surface area contributed by atoms with Gasteiger partial charge in [-0.1, -0.05) is 90.5 Å². The van der Waals surface area contributed by atoms with Crippen LogP contribution in [0.25, 0.3) is 11.3 Å². The Balaban J connectivity index is 1.56. The van der Waals surface area contributed by atoms with Crippen LogP contribution in [0.4, 0.5) is 0 Å². The molecule has 0 atom stereocenters. The lowest BCUT2D eigenvalue weighted by atomic mass is 10.1. The van der Waals surface area contributed by atoms with Crippen LogP contribution in [0.5, 0.6) is 5.75 Å². The van der Waals surface area contributed by atoms with Crippen LogP contribution in [-0.2, 0) is 11.2 Å². The first kappa shape index (κ1) is 28.4. The Hall–Kier alpha value is -1.87. The van der Waals surface area contributed by atoms with E-state index in [0.717, 1.165) is 56.1 Å². The van der Waals surface area contributed by atoms with Crippen molar-refractivity contribution in [1.29, 1.82) is 0 Å². The fourth-order valence-electron chi connectivity index (χ4n) is 4.18. The molecule has 0 amide bonds. The molecular weight excluding hydrogens is 418 g/mol. The molecule has 0 unspecified atom stereocenters. The fraction of sp³-hybridized carbons (Fsp3) is 0.645. The average Bonchev–Trinajstić information content (AvgIpc) is 2.87. The van der Waals surface area contributed by atoms with E-state index in [9.17, 15) is 0 Å². The molecule has 0 N–H and O–H groups in total. The summed E-state index contributed by atoms with van der Waals surface area (Å²) in [4.78, 5) is 4.67. The molecule has 1 aromatic heterocycles. The van der Waals surface area contributed by atoms with E-state index in [1.165, 1.54) is 82.6 Å². The number of pyridine rings is 1. The van der Waals surface area contributed by atoms with Crippen LogP contribution in [0.3, 0.4) is 0 Å². The highest BCUT2D eigenvalue weighted by Gasteiger charge is 2.02. The molecule has 0 aliphatic rings. The molecule has 1 heterocycles. The SMILES string of the molecule is CCCCCCCCCCCCOc1ccc(-c2ccc(CCCOCCCCC)cn2)cc1. The molecule has 0 aliphatic heterocycles. The van der Waals surface area contributed by atoms with E-state index in [0.29, 0.717) is 0 Å². The lowest BCUT2D eigenvalue weighted by Crippen LogP contribution is -1.99. The van der Waals surface area contributed by atoms with E-state index >= 15 is 0 Å². The number of benzene rings is 1. The average molecular weight is 468 g/mol. The smallest absolute Gasteiger partial charge is 0.119 e. The molecule has 0 radical (unpaired) electrons. The summed E-state index contributed by atoms with van der Waals surface area (Å²) in [6.07, 6.45) is 21.3. The standard InChI is InChI=1S/C31H49NO2/c1-3-5-7-8-9-10-11-12-13-15-26-34-30-21-19-29(20-22-30)31-23-18-28(27-32-31)17-16-25-33-24-14-6-4-2/h18-23,27H,3-17,24-26H2,1-2H3. The zero-order chi connectivity index (χ0) is 24.1. The van der Waals surface area contributed by atoms with E-state index < -0.39 is 0 Å². The zero-order valence-electron chi connectivity index (χ0n) is 22.0. The highest BCUT2D eigenvalue weighted by atomic mass is 16.5. The number of aromatic nitrogens is 1. The monoisotopic (exact) mass is 467 g/mol. The first-order valence-corrected chi connectivity index (χ1v) is 14.1. The second kappa shape index (κ2) is 19.4. The number of aryl methyl sites for hydroxylation is 1. The molecule has 0 saturated heterocycles. The topological polar surface area (TPSA) is 31.4 Å². The number of unbranched alkanes of at least 4 members (excludes halogenated alkanes) is 11. The predicted molar refractivity (Wildman–Crippen MR) is 146 cm³/mol. The maximum absolute atomic E-state index is 5.94. The quantitative estimate of drug-likeness (QED) is 0.171. The van der Waals surface area contributed by atoms with Crippen LogP contribution in [0, 0.1) is 0 Å². The molecule has 0 aliphatic carbocycles. The van der Waals surface area contributed by atoms with Gasteiger partial charge in [0.25, 0.3) is 0 Å². The van der Waals surface area contributed by atoms with Crippen LogP contribution < -0.4 is 4.74 Å². The van der Waals surface area contributed by atoms with Crippen molar-refractivity contribution in [3.63, 3.8) is 0 Å². The Labute approximate surface area is 209 Å². The third-order valence-corrected chi connectivity index (χ3v) is 6.39. The third kappa shape index (κ3) is 13.1. The molecule has 190 valence electrons. The lowest BCUT2D eigenvalue weighted by Gasteiger charge is -2.08. The van der Waals surface area contributed by atoms with Crippen LogP contribution in [0.2, 0.25) is 0 Å². The second-order valence-electron chi connectivity index (χ2n) is 9.53. The van der Waals surface area contributed by atoms with Gasteiger partial charge in [0.2, 0.25) is 0 Å². The molecule has 0 bridgehead atoms. The van der Waals surface area contributed by atoms with Gasteiger partial charge >= 0.3 is 0 Å². The molecule has 2 rings (SSSR count). The third-order valence-electron chi connectivity index (χ3n) is 6.39. The summed E-state index contributed by atoms with van der Waals surface area (Å²) >= 11 is 0. The summed E-state index contributed by atoms with van der Waals surface area (Å²) in [7, 11) is 0. The van der Waals surface area contributed by atoms with Gasteiger partial charge in [-0.05, 0) is 61.6 Å². The Morgan fingerprint density at radius 2 is 1.18 bits per heavy atom. The van der Waals surface area contributed by atoms with E-state index in [2.05, 4.69) is 55.2 Å². The molecule has 0 saturated carbocycles. The summed E-state index contributed by atoms with van der Waals surface area (Å²) in [5, 5.41) is 0. The van der Waals surface area contributed by atoms with Crippen LogP contribution in [0.1, 0.15) is 109 Å². The molecule has 0 spiro atoms. The van der Waals surface area contributed by atoms with Gasteiger partial charge < -0.3 is 9.47 Å². The van der Waals surface area contributed by atoms with Gasteiger partial charge in [0, 0.05) is 25.0 Å². The molecule has 3 heteroatoms. The van der Waals surface area contributed by atoms with E-state index in [-0.39, 0.29) is 0 Å². The maximum atomic E-state index is 5.94. The van der Waals surface area contributed by atoms with Gasteiger partial charge in [0.1, 0.15) is 5.75 Å². The van der Waals surface area contributed by atoms with E-state index in [1.807, 2.05) is 6.20 Å². The molecular formula is C31H49NO2. The number of rotatable bonds is 21. The van der Waals surface area contributed by atoms with Crippen LogP contribution in [0.15, 0.2) is 42.6 Å². The number of hydrogen-bond donors (Lipinski definition) is 0. The first-order chi connectivity index (χ1) is 16.8. The minimum atomic E-state index is 0.811. The second-order valence-corrected chi connectivity index (χ2v) is 9.53. The van der Waals surface area contributed by atoms with Crippen molar-refractivity contribution in [2.24, 2.45) is 0 Å². The van der Waals surface area contributed by atoms with Gasteiger partial charge in [-0.25, -0.2) is 0 Å².